The van der Waals surface area contributed by atoms with E-state index in [0.717, 1.165) is 18.6 Å². The lowest BCUT2D eigenvalue weighted by Gasteiger charge is -2.19. The molecular formula is C12H10F2N2O2. The number of carbonyl (C=O) groups excluding carboxylic acids is 2. The molecule has 2 aliphatic rings. The molecular weight excluding hydrogens is 242 g/mol. The predicted octanol–water partition coefficient (Wildman–Crippen LogP) is 1.52. The lowest BCUT2D eigenvalue weighted by Crippen LogP contribution is -2.40. The molecule has 0 saturated carbocycles. The summed E-state index contributed by atoms with van der Waals surface area (Å²) < 4.78 is 26.3. The van der Waals surface area contributed by atoms with Crippen LogP contribution < -0.4 is 5.32 Å². The summed E-state index contributed by atoms with van der Waals surface area (Å²) in [5, 5.41) is 2.48. The zero-order valence-electron chi connectivity index (χ0n) is 9.37. The van der Waals surface area contributed by atoms with Gasteiger partial charge in [-0.25, -0.2) is 8.78 Å². The van der Waals surface area contributed by atoms with Crippen LogP contribution in [0.1, 0.15) is 23.2 Å². The number of hydrogen-bond donors (Lipinski definition) is 1. The number of fused-ring (bicyclic) bond motifs is 2. The first-order chi connectivity index (χ1) is 8.58. The number of carbonyl (C=O) groups is 2. The highest BCUT2D eigenvalue weighted by atomic mass is 19.2. The summed E-state index contributed by atoms with van der Waals surface area (Å²) in [4.78, 5) is 25.5. The van der Waals surface area contributed by atoms with Crippen LogP contribution in [0, 0.1) is 11.6 Å². The van der Waals surface area contributed by atoms with E-state index in [0.29, 0.717) is 13.0 Å². The van der Waals surface area contributed by atoms with Crippen molar-refractivity contribution in [3.05, 3.63) is 29.3 Å². The fourth-order valence-electron chi connectivity index (χ4n) is 2.48. The highest BCUT2D eigenvalue weighted by Crippen LogP contribution is 2.29. The van der Waals surface area contributed by atoms with E-state index >= 15 is 0 Å². The quantitative estimate of drug-likeness (QED) is 0.761. The fourth-order valence-corrected chi connectivity index (χ4v) is 2.48. The Morgan fingerprint density at radius 3 is 2.72 bits per heavy atom. The molecule has 1 aromatic carbocycles. The van der Waals surface area contributed by atoms with Gasteiger partial charge in [-0.3, -0.25) is 9.59 Å². The van der Waals surface area contributed by atoms with Gasteiger partial charge < -0.3 is 10.2 Å². The Kier molecular flexibility index (Phi) is 2.33. The van der Waals surface area contributed by atoms with E-state index in [1.165, 1.54) is 4.90 Å². The molecule has 0 bridgehead atoms. The van der Waals surface area contributed by atoms with Crippen molar-refractivity contribution in [1.82, 2.24) is 4.90 Å². The van der Waals surface area contributed by atoms with Gasteiger partial charge in [-0.2, -0.15) is 0 Å². The Morgan fingerprint density at radius 2 is 1.94 bits per heavy atom. The molecule has 1 N–H and O–H groups in total. The van der Waals surface area contributed by atoms with Crippen molar-refractivity contribution in [3.63, 3.8) is 0 Å². The molecule has 2 heterocycles. The largest absolute Gasteiger partial charge is 0.327 e. The van der Waals surface area contributed by atoms with E-state index < -0.39 is 23.6 Å². The second kappa shape index (κ2) is 3.76. The standard InChI is InChI=1S/C12H10F2N2O2/c13-7-4-6-9(5-8(7)14)15-11(17)10-2-1-3-16(10)12(6)18/h4-5,10H,1-3H2,(H,15,17)/t10-/m0/s1. The second-order valence-electron chi connectivity index (χ2n) is 4.46. The van der Waals surface area contributed by atoms with Crippen molar-refractivity contribution in [2.45, 2.75) is 18.9 Å². The molecule has 0 aromatic heterocycles. The molecule has 2 amide bonds. The minimum atomic E-state index is -1.09. The molecule has 0 aliphatic carbocycles. The van der Waals surface area contributed by atoms with E-state index in [2.05, 4.69) is 5.32 Å². The van der Waals surface area contributed by atoms with Crippen molar-refractivity contribution in [2.24, 2.45) is 0 Å². The Labute approximate surface area is 102 Å². The van der Waals surface area contributed by atoms with Crippen LogP contribution in [0.15, 0.2) is 12.1 Å². The molecule has 4 nitrogen and oxygen atoms in total. The van der Waals surface area contributed by atoms with Crippen LogP contribution in [-0.4, -0.2) is 29.3 Å². The molecule has 0 unspecified atom stereocenters. The smallest absolute Gasteiger partial charge is 0.256 e. The zero-order valence-corrected chi connectivity index (χ0v) is 9.37. The summed E-state index contributed by atoms with van der Waals surface area (Å²) in [7, 11) is 0. The molecule has 6 heteroatoms. The van der Waals surface area contributed by atoms with Crippen molar-refractivity contribution in [3.8, 4) is 0 Å². The Balaban J connectivity index is 2.14. The van der Waals surface area contributed by atoms with Gasteiger partial charge in [0, 0.05) is 12.6 Å². The van der Waals surface area contributed by atoms with Gasteiger partial charge >= 0.3 is 0 Å². The molecule has 94 valence electrons. The van der Waals surface area contributed by atoms with Crippen molar-refractivity contribution < 1.29 is 18.4 Å². The Bertz CT molecular complexity index is 559. The number of nitrogens with zero attached hydrogens (tertiary/aromatic N) is 1. The molecule has 1 aromatic rings. The predicted molar refractivity (Wildman–Crippen MR) is 59.0 cm³/mol. The number of anilines is 1. The topological polar surface area (TPSA) is 49.4 Å². The first-order valence-corrected chi connectivity index (χ1v) is 5.69. The van der Waals surface area contributed by atoms with Crippen LogP contribution in [-0.2, 0) is 4.79 Å². The van der Waals surface area contributed by atoms with Crippen molar-refractivity contribution in [1.29, 1.82) is 0 Å². The monoisotopic (exact) mass is 252 g/mol. The lowest BCUT2D eigenvalue weighted by molar-refractivity contribution is -0.119. The van der Waals surface area contributed by atoms with Crippen LogP contribution in [0.25, 0.3) is 0 Å². The molecule has 1 saturated heterocycles. The Hall–Kier alpha value is -1.98. The van der Waals surface area contributed by atoms with Gasteiger partial charge in [0.2, 0.25) is 5.91 Å². The number of hydrogen-bond acceptors (Lipinski definition) is 2. The van der Waals surface area contributed by atoms with E-state index in [-0.39, 0.29) is 17.2 Å². The molecule has 1 fully saturated rings. The van der Waals surface area contributed by atoms with Gasteiger partial charge in [-0.15, -0.1) is 0 Å². The average Bonchev–Trinajstić information content (AvgIpc) is 2.78. The summed E-state index contributed by atoms with van der Waals surface area (Å²) in [6, 6.07) is 1.16. The molecule has 3 rings (SSSR count). The maximum Gasteiger partial charge on any atom is 0.256 e. The minimum Gasteiger partial charge on any atom is -0.327 e. The molecule has 0 spiro atoms. The first kappa shape index (κ1) is 11.1. The molecule has 1 atom stereocenters. The van der Waals surface area contributed by atoms with Gasteiger partial charge in [-0.1, -0.05) is 0 Å². The van der Waals surface area contributed by atoms with Crippen LogP contribution in [0.2, 0.25) is 0 Å². The number of nitrogens with one attached hydrogen (secondary N) is 1. The molecule has 2 aliphatic heterocycles. The van der Waals surface area contributed by atoms with Crippen LogP contribution in [0.5, 0.6) is 0 Å². The highest BCUT2D eigenvalue weighted by molar-refractivity contribution is 6.10. The van der Waals surface area contributed by atoms with Crippen molar-refractivity contribution in [2.75, 3.05) is 11.9 Å². The maximum absolute atomic E-state index is 13.2. The van der Waals surface area contributed by atoms with Gasteiger partial charge in [0.15, 0.2) is 11.6 Å². The third-order valence-electron chi connectivity index (χ3n) is 3.37. The van der Waals surface area contributed by atoms with Crippen LogP contribution in [0.3, 0.4) is 0 Å². The fraction of sp³-hybridized carbons (Fsp3) is 0.333. The van der Waals surface area contributed by atoms with Crippen molar-refractivity contribution >= 4 is 17.5 Å². The normalized spacial score (nSPS) is 22.3. The summed E-state index contributed by atoms with van der Waals surface area (Å²) in [6.07, 6.45) is 1.32. The van der Waals surface area contributed by atoms with Crippen LogP contribution >= 0.6 is 0 Å². The SMILES string of the molecule is O=C1Nc2cc(F)c(F)cc2C(=O)N2CCC[C@@H]12. The summed E-state index contributed by atoms with van der Waals surface area (Å²) >= 11 is 0. The number of benzene rings is 1. The summed E-state index contributed by atoms with van der Waals surface area (Å²) in [5.41, 5.74) is 0.0463. The zero-order chi connectivity index (χ0) is 12.9. The highest BCUT2D eigenvalue weighted by Gasteiger charge is 2.38. The number of amides is 2. The molecule has 0 radical (unpaired) electrons. The van der Waals surface area contributed by atoms with E-state index in [1.54, 1.807) is 0 Å². The first-order valence-electron chi connectivity index (χ1n) is 5.69. The van der Waals surface area contributed by atoms with Crippen LogP contribution in [0.4, 0.5) is 14.5 Å². The molecule has 18 heavy (non-hydrogen) atoms. The van der Waals surface area contributed by atoms with Gasteiger partial charge in [0.25, 0.3) is 5.91 Å². The number of rotatable bonds is 0. The minimum absolute atomic E-state index is 0.00616. The van der Waals surface area contributed by atoms with E-state index in [9.17, 15) is 18.4 Å². The van der Waals surface area contributed by atoms with E-state index in [4.69, 9.17) is 0 Å². The van der Waals surface area contributed by atoms with E-state index in [1.807, 2.05) is 0 Å². The maximum atomic E-state index is 13.2. The average molecular weight is 252 g/mol. The lowest BCUT2D eigenvalue weighted by atomic mass is 10.1. The Morgan fingerprint density at radius 1 is 1.22 bits per heavy atom. The van der Waals surface area contributed by atoms with Gasteiger partial charge in [-0.05, 0) is 18.9 Å². The number of halogens is 2. The van der Waals surface area contributed by atoms with Gasteiger partial charge in [0.1, 0.15) is 6.04 Å². The third kappa shape index (κ3) is 1.48. The second-order valence-corrected chi connectivity index (χ2v) is 4.46. The van der Waals surface area contributed by atoms with Gasteiger partial charge in [0.05, 0.1) is 11.3 Å². The summed E-state index contributed by atoms with van der Waals surface area (Å²) in [5.74, 6) is -2.94. The third-order valence-corrected chi connectivity index (χ3v) is 3.37. The summed E-state index contributed by atoms with van der Waals surface area (Å²) in [6.45, 7) is 0.468.